The first kappa shape index (κ1) is 19.1. The zero-order valence-corrected chi connectivity index (χ0v) is 14.3. The zero-order valence-electron chi connectivity index (χ0n) is 13.5. The highest BCUT2D eigenvalue weighted by atomic mass is 32.2. The minimum absolute atomic E-state index is 0.0526. The van der Waals surface area contributed by atoms with Crippen molar-refractivity contribution in [3.8, 4) is 5.75 Å². The van der Waals surface area contributed by atoms with Gasteiger partial charge in [0, 0.05) is 6.20 Å². The van der Waals surface area contributed by atoms with E-state index in [0.717, 1.165) is 5.56 Å². The topological polar surface area (TPSA) is 51.2 Å². The number of nitrogens with one attached hydrogen (secondary N) is 1. The van der Waals surface area contributed by atoms with Crippen LogP contribution >= 0.6 is 11.8 Å². The first-order chi connectivity index (χ1) is 11.8. The Kier molecular flexibility index (Phi) is 6.69. The SMILES string of the molecule is Cc1ccc(OCCNC(=O)c2cccnc2SCC(F)(F)F)cc1. The van der Waals surface area contributed by atoms with Gasteiger partial charge in [-0.3, -0.25) is 4.79 Å². The number of thioether (sulfide) groups is 1. The third-order valence-electron chi connectivity index (χ3n) is 3.07. The van der Waals surface area contributed by atoms with Gasteiger partial charge >= 0.3 is 6.18 Å². The van der Waals surface area contributed by atoms with Crippen molar-refractivity contribution in [1.82, 2.24) is 10.3 Å². The molecule has 1 aromatic carbocycles. The molecule has 134 valence electrons. The molecule has 0 aliphatic carbocycles. The molecule has 1 aromatic heterocycles. The summed E-state index contributed by atoms with van der Waals surface area (Å²) >= 11 is 0.492. The molecule has 0 atom stereocenters. The highest BCUT2D eigenvalue weighted by Crippen LogP contribution is 2.27. The lowest BCUT2D eigenvalue weighted by molar-refractivity contribution is -0.105. The van der Waals surface area contributed by atoms with Gasteiger partial charge in [0.1, 0.15) is 17.4 Å². The monoisotopic (exact) mass is 370 g/mol. The molecule has 8 heteroatoms. The molecule has 0 radical (unpaired) electrons. The lowest BCUT2D eigenvalue weighted by Gasteiger charge is -2.11. The molecular formula is C17H17F3N2O2S. The van der Waals surface area contributed by atoms with Crippen LogP contribution in [0.4, 0.5) is 13.2 Å². The summed E-state index contributed by atoms with van der Waals surface area (Å²) < 4.78 is 42.5. The number of carbonyl (C=O) groups excluding carboxylic acids is 1. The summed E-state index contributed by atoms with van der Waals surface area (Å²) in [6.07, 6.45) is -2.96. The molecule has 0 bridgehead atoms. The average molecular weight is 370 g/mol. The van der Waals surface area contributed by atoms with Crippen LogP contribution in [0, 0.1) is 6.92 Å². The number of halogens is 3. The first-order valence-electron chi connectivity index (χ1n) is 7.47. The summed E-state index contributed by atoms with van der Waals surface area (Å²) in [5, 5.41) is 2.67. The van der Waals surface area contributed by atoms with E-state index in [9.17, 15) is 18.0 Å². The van der Waals surface area contributed by atoms with Crippen molar-refractivity contribution in [2.24, 2.45) is 0 Å². The van der Waals surface area contributed by atoms with Gasteiger partial charge in [-0.25, -0.2) is 4.98 Å². The molecule has 4 nitrogen and oxygen atoms in total. The van der Waals surface area contributed by atoms with E-state index >= 15 is 0 Å². The first-order valence-corrected chi connectivity index (χ1v) is 8.46. The number of nitrogens with zero attached hydrogens (tertiary/aromatic N) is 1. The molecule has 0 fully saturated rings. The quantitative estimate of drug-likeness (QED) is 0.594. The third kappa shape index (κ3) is 6.66. The number of benzene rings is 1. The molecule has 25 heavy (non-hydrogen) atoms. The lowest BCUT2D eigenvalue weighted by Crippen LogP contribution is -2.28. The molecule has 1 heterocycles. The number of rotatable bonds is 7. The Hall–Kier alpha value is -2.22. The number of ether oxygens (including phenoxy) is 1. The smallest absolute Gasteiger partial charge is 0.398 e. The average Bonchev–Trinajstić information content (AvgIpc) is 2.58. The van der Waals surface area contributed by atoms with E-state index in [2.05, 4.69) is 10.3 Å². The van der Waals surface area contributed by atoms with Crippen LogP contribution in [0.5, 0.6) is 5.75 Å². The third-order valence-corrected chi connectivity index (χ3v) is 4.14. The lowest BCUT2D eigenvalue weighted by atomic mass is 10.2. The van der Waals surface area contributed by atoms with Crippen molar-refractivity contribution in [2.75, 3.05) is 18.9 Å². The number of alkyl halides is 3. The maximum absolute atomic E-state index is 12.3. The predicted octanol–water partition coefficient (Wildman–Crippen LogP) is 3.85. The second-order valence-electron chi connectivity index (χ2n) is 5.18. The molecule has 2 rings (SSSR count). The van der Waals surface area contributed by atoms with Gasteiger partial charge in [-0.05, 0) is 31.2 Å². The van der Waals surface area contributed by atoms with E-state index in [0.29, 0.717) is 17.5 Å². The van der Waals surface area contributed by atoms with E-state index in [-0.39, 0.29) is 23.7 Å². The van der Waals surface area contributed by atoms with Crippen molar-refractivity contribution in [2.45, 2.75) is 18.1 Å². The predicted molar refractivity (Wildman–Crippen MR) is 90.0 cm³/mol. The van der Waals surface area contributed by atoms with Gasteiger partial charge in [-0.15, -0.1) is 0 Å². The van der Waals surface area contributed by atoms with Crippen LogP contribution in [0.2, 0.25) is 0 Å². The summed E-state index contributed by atoms with van der Waals surface area (Å²) in [5.74, 6) is -0.895. The number of hydrogen-bond donors (Lipinski definition) is 1. The van der Waals surface area contributed by atoms with E-state index < -0.39 is 17.8 Å². The van der Waals surface area contributed by atoms with Gasteiger partial charge in [-0.2, -0.15) is 13.2 Å². The molecule has 0 saturated carbocycles. The summed E-state index contributed by atoms with van der Waals surface area (Å²) in [5.41, 5.74) is 1.23. The van der Waals surface area contributed by atoms with Crippen LogP contribution in [-0.4, -0.2) is 36.0 Å². The highest BCUT2D eigenvalue weighted by Gasteiger charge is 2.28. The van der Waals surface area contributed by atoms with E-state index in [1.807, 2.05) is 31.2 Å². The summed E-state index contributed by atoms with van der Waals surface area (Å²) in [4.78, 5) is 16.0. The number of pyridine rings is 1. The van der Waals surface area contributed by atoms with Crippen LogP contribution in [0.25, 0.3) is 0 Å². The van der Waals surface area contributed by atoms with Gasteiger partial charge in [0.25, 0.3) is 5.91 Å². The summed E-state index contributed by atoms with van der Waals surface area (Å²) in [6.45, 7) is 2.44. The molecular weight excluding hydrogens is 353 g/mol. The fourth-order valence-corrected chi connectivity index (χ4v) is 2.64. The highest BCUT2D eigenvalue weighted by molar-refractivity contribution is 7.99. The van der Waals surface area contributed by atoms with Gasteiger partial charge < -0.3 is 10.1 Å². The molecule has 2 aromatic rings. The van der Waals surface area contributed by atoms with E-state index in [4.69, 9.17) is 4.74 Å². The van der Waals surface area contributed by atoms with Gasteiger partial charge in [0.15, 0.2) is 0 Å². The Balaban J connectivity index is 1.85. The summed E-state index contributed by atoms with van der Waals surface area (Å²) in [7, 11) is 0. The van der Waals surface area contributed by atoms with Crippen LogP contribution in [0.15, 0.2) is 47.6 Å². The van der Waals surface area contributed by atoms with E-state index in [1.165, 1.54) is 18.3 Å². The minimum Gasteiger partial charge on any atom is -0.492 e. The van der Waals surface area contributed by atoms with Gasteiger partial charge in [0.2, 0.25) is 0 Å². The summed E-state index contributed by atoms with van der Waals surface area (Å²) in [6, 6.07) is 10.4. The Bertz CT molecular complexity index is 706. The molecule has 1 amide bonds. The fourth-order valence-electron chi connectivity index (χ4n) is 1.89. The number of aromatic nitrogens is 1. The fraction of sp³-hybridized carbons (Fsp3) is 0.294. The van der Waals surface area contributed by atoms with E-state index in [1.54, 1.807) is 0 Å². The number of carbonyl (C=O) groups is 1. The van der Waals surface area contributed by atoms with Crippen LogP contribution in [0.1, 0.15) is 15.9 Å². The maximum Gasteiger partial charge on any atom is 0.398 e. The Labute approximate surface area is 147 Å². The Morgan fingerprint density at radius 1 is 1.24 bits per heavy atom. The molecule has 0 unspecified atom stereocenters. The zero-order chi connectivity index (χ0) is 18.3. The number of amides is 1. The minimum atomic E-state index is -4.32. The second-order valence-corrected chi connectivity index (χ2v) is 6.14. The second kappa shape index (κ2) is 8.75. The largest absolute Gasteiger partial charge is 0.492 e. The van der Waals surface area contributed by atoms with Crippen molar-refractivity contribution >= 4 is 17.7 Å². The molecule has 0 spiro atoms. The van der Waals surface area contributed by atoms with Crippen molar-refractivity contribution in [1.29, 1.82) is 0 Å². The van der Waals surface area contributed by atoms with Crippen molar-refractivity contribution in [3.63, 3.8) is 0 Å². The van der Waals surface area contributed by atoms with Crippen LogP contribution < -0.4 is 10.1 Å². The normalized spacial score (nSPS) is 11.2. The van der Waals surface area contributed by atoms with Crippen molar-refractivity contribution < 1.29 is 22.7 Å². The van der Waals surface area contributed by atoms with Crippen molar-refractivity contribution in [3.05, 3.63) is 53.7 Å². The van der Waals surface area contributed by atoms with Crippen LogP contribution in [0.3, 0.4) is 0 Å². The molecule has 1 N–H and O–H groups in total. The Morgan fingerprint density at radius 2 is 1.96 bits per heavy atom. The number of hydrogen-bond acceptors (Lipinski definition) is 4. The Morgan fingerprint density at radius 3 is 2.64 bits per heavy atom. The maximum atomic E-state index is 12.3. The number of aryl methyl sites for hydroxylation is 1. The molecule has 0 aliphatic rings. The molecule has 0 aliphatic heterocycles. The van der Waals surface area contributed by atoms with Gasteiger partial charge in [0.05, 0.1) is 17.9 Å². The standard InChI is InChI=1S/C17H17F3N2O2S/c1-12-4-6-13(7-5-12)24-10-9-21-15(23)14-3-2-8-22-16(14)25-11-17(18,19)20/h2-8H,9-11H2,1H3,(H,21,23). The molecule has 0 saturated heterocycles. The van der Waals surface area contributed by atoms with Gasteiger partial charge in [-0.1, -0.05) is 29.5 Å². The van der Waals surface area contributed by atoms with Crippen LogP contribution in [-0.2, 0) is 0 Å².